The second-order valence-corrected chi connectivity index (χ2v) is 3.61. The molecule has 3 nitrogen and oxygen atoms in total. The summed E-state index contributed by atoms with van der Waals surface area (Å²) < 4.78 is 0. The summed E-state index contributed by atoms with van der Waals surface area (Å²) in [4.78, 5) is 4.28. The summed E-state index contributed by atoms with van der Waals surface area (Å²) >= 11 is 4.88. The second kappa shape index (κ2) is 3.36. The first-order valence-electron chi connectivity index (χ1n) is 3.82. The van der Waals surface area contributed by atoms with Gasteiger partial charge in [0.2, 0.25) is 0 Å². The molecule has 0 aliphatic carbocycles. The number of likely N-dealkylation sites (N-methyl/N-ethyl adjacent to an activating group) is 1. The van der Waals surface area contributed by atoms with E-state index in [9.17, 15) is 0 Å². The number of nitrogens with two attached hydrogens (primary N) is 1. The first kappa shape index (κ1) is 8.74. The molecular formula is C7H15N3S. The Kier molecular flexibility index (Phi) is 2.67. The molecule has 1 aliphatic rings. The number of hydrogen-bond acceptors (Lipinski definition) is 2. The van der Waals surface area contributed by atoms with Crippen molar-refractivity contribution in [2.75, 3.05) is 27.2 Å². The summed E-state index contributed by atoms with van der Waals surface area (Å²) in [5, 5.41) is 0.536. The van der Waals surface area contributed by atoms with Crippen LogP contribution in [0.1, 0.15) is 6.42 Å². The maximum atomic E-state index is 5.50. The van der Waals surface area contributed by atoms with Gasteiger partial charge in [-0.1, -0.05) is 0 Å². The van der Waals surface area contributed by atoms with Gasteiger partial charge in [-0.15, -0.1) is 0 Å². The molecule has 0 spiro atoms. The van der Waals surface area contributed by atoms with Crippen LogP contribution in [0.5, 0.6) is 0 Å². The van der Waals surface area contributed by atoms with E-state index >= 15 is 0 Å². The highest BCUT2D eigenvalue weighted by Gasteiger charge is 2.23. The Morgan fingerprint density at radius 3 is 2.55 bits per heavy atom. The van der Waals surface area contributed by atoms with Crippen LogP contribution < -0.4 is 5.73 Å². The van der Waals surface area contributed by atoms with Crippen LogP contribution in [0.4, 0.5) is 0 Å². The van der Waals surface area contributed by atoms with Gasteiger partial charge in [-0.05, 0) is 32.7 Å². The molecule has 1 atom stereocenters. The SMILES string of the molecule is CN(C)C1CCN(C(N)=S)C1. The summed E-state index contributed by atoms with van der Waals surface area (Å²) in [6.45, 7) is 2.00. The standard InChI is InChI=1S/C7H15N3S/c1-9(2)6-3-4-10(5-6)7(8)11/h6H,3-5H2,1-2H3,(H2,8,11). The van der Waals surface area contributed by atoms with Crippen LogP contribution in [0.3, 0.4) is 0 Å². The smallest absolute Gasteiger partial charge is 0.166 e. The molecule has 0 saturated carbocycles. The van der Waals surface area contributed by atoms with Gasteiger partial charge in [-0.3, -0.25) is 0 Å². The van der Waals surface area contributed by atoms with Crippen LogP contribution in [0.2, 0.25) is 0 Å². The molecule has 0 bridgehead atoms. The zero-order chi connectivity index (χ0) is 8.43. The quantitative estimate of drug-likeness (QED) is 0.560. The van der Waals surface area contributed by atoms with E-state index in [-0.39, 0.29) is 0 Å². The monoisotopic (exact) mass is 173 g/mol. The van der Waals surface area contributed by atoms with Gasteiger partial charge < -0.3 is 15.5 Å². The molecule has 1 fully saturated rings. The van der Waals surface area contributed by atoms with Gasteiger partial charge in [0.1, 0.15) is 0 Å². The summed E-state index contributed by atoms with van der Waals surface area (Å²) in [5.74, 6) is 0. The molecule has 1 saturated heterocycles. The number of likely N-dealkylation sites (tertiary alicyclic amines) is 1. The minimum absolute atomic E-state index is 0.536. The molecule has 64 valence electrons. The molecule has 1 aliphatic heterocycles. The molecule has 11 heavy (non-hydrogen) atoms. The lowest BCUT2D eigenvalue weighted by molar-refractivity contribution is 0.301. The first-order chi connectivity index (χ1) is 5.11. The maximum absolute atomic E-state index is 5.50. The molecule has 0 aromatic heterocycles. The zero-order valence-electron chi connectivity index (χ0n) is 7.08. The van der Waals surface area contributed by atoms with Crippen LogP contribution in [0.25, 0.3) is 0 Å². The van der Waals surface area contributed by atoms with Crippen LogP contribution in [-0.2, 0) is 0 Å². The largest absolute Gasteiger partial charge is 0.376 e. The minimum atomic E-state index is 0.536. The minimum Gasteiger partial charge on any atom is -0.376 e. The highest BCUT2D eigenvalue weighted by Crippen LogP contribution is 2.12. The Balaban J connectivity index is 2.41. The highest BCUT2D eigenvalue weighted by molar-refractivity contribution is 7.80. The van der Waals surface area contributed by atoms with Gasteiger partial charge in [-0.25, -0.2) is 0 Å². The third-order valence-corrected chi connectivity index (χ3v) is 2.46. The van der Waals surface area contributed by atoms with Gasteiger partial charge >= 0.3 is 0 Å². The van der Waals surface area contributed by atoms with E-state index in [1.807, 2.05) is 0 Å². The number of nitrogens with zero attached hydrogens (tertiary/aromatic N) is 2. The normalized spacial score (nSPS) is 24.6. The predicted octanol–water partition coefficient (Wildman–Crippen LogP) is -0.134. The fourth-order valence-corrected chi connectivity index (χ4v) is 1.53. The summed E-state index contributed by atoms with van der Waals surface area (Å²) in [5.41, 5.74) is 5.50. The van der Waals surface area contributed by atoms with Crippen molar-refractivity contribution in [3.8, 4) is 0 Å². The van der Waals surface area contributed by atoms with Crippen molar-refractivity contribution in [1.29, 1.82) is 0 Å². The Hall–Kier alpha value is -0.350. The van der Waals surface area contributed by atoms with Crippen molar-refractivity contribution in [1.82, 2.24) is 9.80 Å². The van der Waals surface area contributed by atoms with Gasteiger partial charge in [-0.2, -0.15) is 0 Å². The Bertz CT molecular complexity index is 158. The molecule has 0 aromatic rings. The lowest BCUT2D eigenvalue weighted by atomic mass is 10.2. The first-order valence-corrected chi connectivity index (χ1v) is 4.23. The fraction of sp³-hybridized carbons (Fsp3) is 0.857. The fourth-order valence-electron chi connectivity index (χ4n) is 1.36. The van der Waals surface area contributed by atoms with E-state index in [0.29, 0.717) is 11.2 Å². The van der Waals surface area contributed by atoms with Gasteiger partial charge in [0.25, 0.3) is 0 Å². The van der Waals surface area contributed by atoms with Gasteiger partial charge in [0.05, 0.1) is 0 Å². The van der Waals surface area contributed by atoms with Crippen LogP contribution >= 0.6 is 12.2 Å². The Labute approximate surface area is 73.1 Å². The van der Waals surface area contributed by atoms with Gasteiger partial charge in [0.15, 0.2) is 5.11 Å². The zero-order valence-corrected chi connectivity index (χ0v) is 7.90. The number of rotatable bonds is 1. The molecule has 1 unspecified atom stereocenters. The van der Waals surface area contributed by atoms with Crippen LogP contribution in [-0.4, -0.2) is 48.1 Å². The Morgan fingerprint density at radius 1 is 1.64 bits per heavy atom. The molecule has 2 N–H and O–H groups in total. The molecule has 1 rings (SSSR count). The summed E-state index contributed by atoms with van der Waals surface area (Å²) in [6.07, 6.45) is 1.17. The van der Waals surface area contributed by atoms with E-state index < -0.39 is 0 Å². The van der Waals surface area contributed by atoms with E-state index in [1.165, 1.54) is 6.42 Å². The van der Waals surface area contributed by atoms with E-state index in [4.69, 9.17) is 18.0 Å². The lowest BCUT2D eigenvalue weighted by Gasteiger charge is -2.20. The lowest BCUT2D eigenvalue weighted by Crippen LogP contribution is -2.37. The van der Waals surface area contributed by atoms with E-state index in [0.717, 1.165) is 13.1 Å². The van der Waals surface area contributed by atoms with Gasteiger partial charge in [0, 0.05) is 19.1 Å². The molecule has 0 radical (unpaired) electrons. The van der Waals surface area contributed by atoms with Crippen molar-refractivity contribution < 1.29 is 0 Å². The van der Waals surface area contributed by atoms with E-state index in [2.05, 4.69) is 23.9 Å². The summed E-state index contributed by atoms with van der Waals surface area (Å²) in [7, 11) is 4.18. The highest BCUT2D eigenvalue weighted by atomic mass is 32.1. The Morgan fingerprint density at radius 2 is 2.27 bits per heavy atom. The predicted molar refractivity (Wildman–Crippen MR) is 50.5 cm³/mol. The maximum Gasteiger partial charge on any atom is 0.166 e. The molecule has 0 aromatic carbocycles. The van der Waals surface area contributed by atoms with Crippen molar-refractivity contribution in [3.05, 3.63) is 0 Å². The summed E-state index contributed by atoms with van der Waals surface area (Å²) in [6, 6.07) is 0.622. The second-order valence-electron chi connectivity index (χ2n) is 3.19. The number of thiocarbonyl (C=S) groups is 1. The van der Waals surface area contributed by atoms with Crippen molar-refractivity contribution >= 4 is 17.3 Å². The molecule has 1 heterocycles. The van der Waals surface area contributed by atoms with Crippen LogP contribution in [0.15, 0.2) is 0 Å². The third-order valence-electron chi connectivity index (χ3n) is 2.21. The molecular weight excluding hydrogens is 158 g/mol. The van der Waals surface area contributed by atoms with E-state index in [1.54, 1.807) is 0 Å². The van der Waals surface area contributed by atoms with Crippen LogP contribution in [0, 0.1) is 0 Å². The average Bonchev–Trinajstić information content (AvgIpc) is 2.33. The van der Waals surface area contributed by atoms with Crippen molar-refractivity contribution in [3.63, 3.8) is 0 Å². The topological polar surface area (TPSA) is 32.5 Å². The molecule has 4 heteroatoms. The average molecular weight is 173 g/mol. The molecule has 0 amide bonds. The van der Waals surface area contributed by atoms with Crippen molar-refractivity contribution in [2.45, 2.75) is 12.5 Å². The third kappa shape index (κ3) is 2.04. The van der Waals surface area contributed by atoms with Crippen molar-refractivity contribution in [2.24, 2.45) is 5.73 Å². The number of hydrogen-bond donors (Lipinski definition) is 1.